The molecule has 0 N–H and O–H groups in total. The van der Waals surface area contributed by atoms with Crippen molar-refractivity contribution in [3.63, 3.8) is 0 Å². The van der Waals surface area contributed by atoms with Crippen LogP contribution in [0.4, 0.5) is 0 Å². The van der Waals surface area contributed by atoms with Crippen LogP contribution in [0.1, 0.15) is 79.0 Å². The third-order valence-electron chi connectivity index (χ3n) is 15.6. The van der Waals surface area contributed by atoms with Crippen LogP contribution in [0.5, 0.6) is 11.5 Å². The number of pyridine rings is 1. The summed E-state index contributed by atoms with van der Waals surface area (Å²) in [6, 6.07) is 84.4. The van der Waals surface area contributed by atoms with Crippen molar-refractivity contribution in [3.8, 4) is 39.8 Å². The average molecular weight is 1030 g/mol. The number of para-hydroxylation sites is 3. The molecule has 12 rings (SSSR count). The van der Waals surface area contributed by atoms with Gasteiger partial charge in [0.15, 0.2) is 8.07 Å². The van der Waals surface area contributed by atoms with E-state index in [0.717, 1.165) is 56.1 Å². The number of hydrogen-bond donors (Lipinski definition) is 0. The Morgan fingerprint density at radius 2 is 1.03 bits per heavy atom. The molecule has 0 saturated carbocycles. The normalized spacial score (nSPS) is 12.4. The molecule has 0 amide bonds. The SMILES string of the molecule is CC(C)(C)c1ccnc(-n2c3ccccc3c3ccc(Oc4cccc(-n5[c-][n+](-c6c(-c7cccc([Si](c8ccccc8)(c8ccccc8)c8ccccc8)c7)cc(C(C)(C)C)cc6C(C)(C)C)c6ccccc65)c4)cc32)c1. The van der Waals surface area contributed by atoms with Crippen molar-refractivity contribution in [3.05, 3.63) is 260 Å². The average Bonchev–Trinajstić information content (AvgIpc) is 4.12. The highest BCUT2D eigenvalue weighted by molar-refractivity contribution is 7.19. The van der Waals surface area contributed by atoms with Gasteiger partial charge in [-0.15, -0.1) is 0 Å². The van der Waals surface area contributed by atoms with Crippen molar-refractivity contribution >= 4 is 61.7 Å². The molecule has 6 heteroatoms. The number of hydrogen-bond acceptors (Lipinski definition) is 2. The molecule has 0 aliphatic carbocycles. The minimum absolute atomic E-state index is 0.0269. The van der Waals surface area contributed by atoms with Crippen molar-refractivity contribution in [2.45, 2.75) is 78.6 Å². The number of imidazole rings is 1. The first-order chi connectivity index (χ1) is 37.6. The first kappa shape index (κ1) is 50.2. The van der Waals surface area contributed by atoms with Crippen LogP contribution in [0.15, 0.2) is 237 Å². The lowest BCUT2D eigenvalue weighted by atomic mass is 9.77. The van der Waals surface area contributed by atoms with E-state index in [-0.39, 0.29) is 16.2 Å². The highest BCUT2D eigenvalue weighted by Crippen LogP contribution is 2.40. The van der Waals surface area contributed by atoms with E-state index in [2.05, 4.69) is 307 Å². The second-order valence-electron chi connectivity index (χ2n) is 23.9. The van der Waals surface area contributed by atoms with Crippen LogP contribution in [-0.4, -0.2) is 22.2 Å². The van der Waals surface area contributed by atoms with Crippen molar-refractivity contribution in [1.29, 1.82) is 0 Å². The molecule has 0 bridgehead atoms. The summed E-state index contributed by atoms with van der Waals surface area (Å²) in [5.74, 6) is 2.35. The third-order valence-corrected chi connectivity index (χ3v) is 20.4. The van der Waals surface area contributed by atoms with E-state index in [1.807, 2.05) is 12.3 Å². The highest BCUT2D eigenvalue weighted by Gasteiger charge is 2.42. The predicted octanol–water partition coefficient (Wildman–Crippen LogP) is 14.9. The van der Waals surface area contributed by atoms with Gasteiger partial charge in [-0.3, -0.25) is 13.7 Å². The zero-order valence-corrected chi connectivity index (χ0v) is 47.2. The Kier molecular flexibility index (Phi) is 12.5. The molecule has 3 aromatic heterocycles. The van der Waals surface area contributed by atoms with Crippen molar-refractivity contribution in [1.82, 2.24) is 14.1 Å². The zero-order valence-electron chi connectivity index (χ0n) is 46.2. The molecule has 0 spiro atoms. The molecular weight excluding hydrogens is 965 g/mol. The molecule has 5 nitrogen and oxygen atoms in total. The Labute approximate surface area is 460 Å². The minimum atomic E-state index is -2.86. The van der Waals surface area contributed by atoms with Gasteiger partial charge in [-0.05, 0) is 113 Å². The Balaban J connectivity index is 1.02. The second kappa shape index (κ2) is 19.5. The first-order valence-corrected chi connectivity index (χ1v) is 29.3. The van der Waals surface area contributed by atoms with Gasteiger partial charge in [0.05, 0.1) is 33.4 Å². The highest BCUT2D eigenvalue weighted by atomic mass is 28.3. The van der Waals surface area contributed by atoms with E-state index in [0.29, 0.717) is 0 Å². The van der Waals surface area contributed by atoms with Gasteiger partial charge in [0.2, 0.25) is 0 Å². The summed E-state index contributed by atoms with van der Waals surface area (Å²) in [5.41, 5.74) is 12.0. The molecule has 0 atom stereocenters. The molecule has 0 unspecified atom stereocenters. The van der Waals surface area contributed by atoms with Crippen molar-refractivity contribution in [2.75, 3.05) is 0 Å². The maximum atomic E-state index is 6.87. The molecule has 9 aromatic carbocycles. The molecule has 384 valence electrons. The topological polar surface area (TPSA) is 35.9 Å². The monoisotopic (exact) mass is 1030 g/mol. The van der Waals surface area contributed by atoms with Crippen molar-refractivity contribution in [2.24, 2.45) is 0 Å². The molecular formula is C72H66N4OSi. The summed E-state index contributed by atoms with van der Waals surface area (Å²) in [4.78, 5) is 4.92. The van der Waals surface area contributed by atoms with E-state index in [9.17, 15) is 0 Å². The number of ether oxygens (including phenoxy) is 1. The Morgan fingerprint density at radius 1 is 0.449 bits per heavy atom. The molecule has 3 heterocycles. The lowest BCUT2D eigenvalue weighted by Crippen LogP contribution is -2.74. The fraction of sp³-hybridized carbons (Fsp3) is 0.167. The molecule has 0 fully saturated rings. The van der Waals surface area contributed by atoms with Crippen LogP contribution in [0, 0.1) is 6.33 Å². The summed E-state index contributed by atoms with van der Waals surface area (Å²) in [7, 11) is -2.86. The maximum Gasteiger partial charge on any atom is 0.269 e. The Morgan fingerprint density at radius 3 is 1.68 bits per heavy atom. The quantitative estimate of drug-likeness (QED) is 0.0592. The summed E-state index contributed by atoms with van der Waals surface area (Å²) < 4.78 is 13.7. The van der Waals surface area contributed by atoms with E-state index in [1.54, 1.807) is 0 Å². The van der Waals surface area contributed by atoms with Crippen LogP contribution in [0.25, 0.3) is 61.2 Å². The second-order valence-corrected chi connectivity index (χ2v) is 27.7. The standard InChI is InChI=1S/C72H66N4OSi/c1-70(2,3)51-41-42-73-68(46-51)76-64-36-20-19-35-60(64)61-40-39-55(48-67(61)76)77-54-27-24-26-53(47-54)74-49-75(66-38-22-21-37-65(66)74)69-62(44-52(71(4,5)6)45-63(69)72(7,8)9)50-25-23-34-59(43-50)78(56-28-13-10-14-29-56,57-30-15-11-16-31-57)58-32-17-12-18-33-58/h10-48H,1-9H3. The lowest BCUT2D eigenvalue weighted by Gasteiger charge is -2.35. The summed E-state index contributed by atoms with van der Waals surface area (Å²) in [6.07, 6.45) is 5.90. The van der Waals surface area contributed by atoms with Crippen molar-refractivity contribution < 1.29 is 9.30 Å². The van der Waals surface area contributed by atoms with E-state index >= 15 is 0 Å². The van der Waals surface area contributed by atoms with Gasteiger partial charge >= 0.3 is 0 Å². The summed E-state index contributed by atoms with van der Waals surface area (Å²) in [6.45, 7) is 20.7. The molecule has 12 aromatic rings. The molecule has 0 saturated heterocycles. The Hall–Kier alpha value is -8.58. The van der Waals surface area contributed by atoms with E-state index in [1.165, 1.54) is 54.0 Å². The van der Waals surface area contributed by atoms with Gasteiger partial charge < -0.3 is 4.74 Å². The largest absolute Gasteiger partial charge is 0.458 e. The number of benzene rings is 9. The van der Waals surface area contributed by atoms with Crippen LogP contribution in [-0.2, 0) is 16.2 Å². The summed E-state index contributed by atoms with van der Waals surface area (Å²) in [5, 5.41) is 7.69. The first-order valence-electron chi connectivity index (χ1n) is 27.3. The molecule has 0 aliphatic heterocycles. The number of rotatable bonds is 10. The van der Waals surface area contributed by atoms with Crippen LogP contribution < -0.4 is 30.1 Å². The summed E-state index contributed by atoms with van der Waals surface area (Å²) >= 11 is 0. The van der Waals surface area contributed by atoms with Gasteiger partial charge in [0.25, 0.3) is 6.33 Å². The van der Waals surface area contributed by atoms with Crippen LogP contribution in [0.2, 0.25) is 0 Å². The predicted molar refractivity (Wildman–Crippen MR) is 327 cm³/mol. The van der Waals surface area contributed by atoms with E-state index in [4.69, 9.17) is 9.72 Å². The van der Waals surface area contributed by atoms with Crippen LogP contribution >= 0.6 is 0 Å². The van der Waals surface area contributed by atoms with Gasteiger partial charge in [-0.25, -0.2) is 4.98 Å². The number of fused-ring (bicyclic) bond motifs is 4. The molecule has 0 aliphatic rings. The van der Waals surface area contributed by atoms with Gasteiger partial charge in [0.1, 0.15) is 17.3 Å². The fourth-order valence-corrected chi connectivity index (χ4v) is 16.4. The number of nitrogens with zero attached hydrogens (tertiary/aromatic N) is 4. The maximum absolute atomic E-state index is 6.87. The third kappa shape index (κ3) is 8.94. The number of aromatic nitrogens is 4. The lowest BCUT2D eigenvalue weighted by molar-refractivity contribution is -0.572. The fourth-order valence-electron chi connectivity index (χ4n) is 11.6. The smallest absolute Gasteiger partial charge is 0.269 e. The minimum Gasteiger partial charge on any atom is -0.458 e. The van der Waals surface area contributed by atoms with E-state index < -0.39 is 8.07 Å². The zero-order chi connectivity index (χ0) is 54.0. The van der Waals surface area contributed by atoms with Gasteiger partial charge in [0, 0.05) is 23.0 Å². The van der Waals surface area contributed by atoms with Gasteiger partial charge in [-0.2, -0.15) is 0 Å². The molecule has 0 radical (unpaired) electrons. The van der Waals surface area contributed by atoms with Crippen LogP contribution in [0.3, 0.4) is 0 Å². The Bertz CT molecular complexity index is 4080. The molecule has 78 heavy (non-hydrogen) atoms. The van der Waals surface area contributed by atoms with Gasteiger partial charge in [-0.1, -0.05) is 238 Å².